The van der Waals surface area contributed by atoms with Gasteiger partial charge in [0.2, 0.25) is 5.75 Å². The maximum atomic E-state index is 11.0. The number of benzene rings is 2. The highest BCUT2D eigenvalue weighted by Crippen LogP contribution is 2.38. The van der Waals surface area contributed by atoms with Crippen LogP contribution in [0.5, 0.6) is 11.5 Å². The van der Waals surface area contributed by atoms with Crippen LogP contribution in [-0.4, -0.2) is 4.92 Å². The van der Waals surface area contributed by atoms with Crippen LogP contribution in [-0.2, 0) is 5.88 Å². The average molecular weight is 333 g/mol. The fourth-order valence-corrected chi connectivity index (χ4v) is 2.21. The van der Waals surface area contributed by atoms with Crippen LogP contribution in [0.4, 0.5) is 5.69 Å². The molecule has 0 bridgehead atoms. The van der Waals surface area contributed by atoms with Crippen LogP contribution in [0.15, 0.2) is 36.4 Å². The van der Waals surface area contributed by atoms with Crippen LogP contribution in [0, 0.1) is 10.1 Å². The van der Waals surface area contributed by atoms with Gasteiger partial charge < -0.3 is 4.74 Å². The van der Waals surface area contributed by atoms with Gasteiger partial charge in [0.25, 0.3) is 0 Å². The van der Waals surface area contributed by atoms with Gasteiger partial charge in [-0.25, -0.2) is 0 Å². The molecule has 2 aromatic rings. The number of ether oxygens (including phenoxy) is 1. The van der Waals surface area contributed by atoms with Gasteiger partial charge in [0.05, 0.1) is 15.8 Å². The van der Waals surface area contributed by atoms with Gasteiger partial charge in [-0.1, -0.05) is 35.3 Å². The molecule has 0 amide bonds. The first kappa shape index (κ1) is 14.9. The van der Waals surface area contributed by atoms with Crippen molar-refractivity contribution in [3.05, 3.63) is 62.1 Å². The van der Waals surface area contributed by atoms with E-state index in [2.05, 4.69) is 0 Å². The van der Waals surface area contributed by atoms with E-state index in [1.807, 2.05) is 0 Å². The summed E-state index contributed by atoms with van der Waals surface area (Å²) in [6, 6.07) is 9.12. The Hall–Kier alpha value is -1.49. The minimum atomic E-state index is -0.553. The molecule has 4 nitrogen and oxygen atoms in total. The van der Waals surface area contributed by atoms with Crippen molar-refractivity contribution in [2.24, 2.45) is 0 Å². The summed E-state index contributed by atoms with van der Waals surface area (Å²) in [6.45, 7) is 0. The molecule has 0 aliphatic carbocycles. The van der Waals surface area contributed by atoms with E-state index in [1.165, 1.54) is 18.2 Å². The number of hydrogen-bond acceptors (Lipinski definition) is 3. The average Bonchev–Trinajstić information content (AvgIpc) is 2.40. The van der Waals surface area contributed by atoms with Crippen LogP contribution in [0.1, 0.15) is 5.56 Å². The number of nitrogens with zero attached hydrogens (tertiary/aromatic N) is 1. The fourth-order valence-electron chi connectivity index (χ4n) is 1.60. The number of nitro groups is 1. The van der Waals surface area contributed by atoms with Crippen molar-refractivity contribution in [1.82, 2.24) is 0 Å². The quantitative estimate of drug-likeness (QED) is 0.426. The first-order valence-electron chi connectivity index (χ1n) is 5.48. The van der Waals surface area contributed by atoms with Crippen molar-refractivity contribution in [3.63, 3.8) is 0 Å². The van der Waals surface area contributed by atoms with E-state index in [9.17, 15) is 10.1 Å². The highest BCUT2D eigenvalue weighted by Gasteiger charge is 2.18. The predicted octanol–water partition coefficient (Wildman–Crippen LogP) is 5.43. The van der Waals surface area contributed by atoms with E-state index in [1.54, 1.807) is 18.2 Å². The summed E-state index contributed by atoms with van der Waals surface area (Å²) in [5.74, 6) is 0.473. The summed E-state index contributed by atoms with van der Waals surface area (Å²) in [5.41, 5.74) is 0.434. The van der Waals surface area contributed by atoms with Gasteiger partial charge in [-0.15, -0.1) is 11.6 Å². The second-order valence-electron chi connectivity index (χ2n) is 3.83. The van der Waals surface area contributed by atoms with E-state index in [0.29, 0.717) is 15.6 Å². The third-order valence-corrected chi connectivity index (χ3v) is 3.34. The molecule has 7 heteroatoms. The summed E-state index contributed by atoms with van der Waals surface area (Å²) in [6.07, 6.45) is 0. The standard InChI is InChI=1S/C13H8Cl3NO3/c14-7-8-2-1-3-10(16)13(8)20-12-6-9(15)4-5-11(12)17(18)19/h1-6H,7H2. The Balaban J connectivity index is 2.50. The summed E-state index contributed by atoms with van der Waals surface area (Å²) in [7, 11) is 0. The Kier molecular flexibility index (Phi) is 4.70. The van der Waals surface area contributed by atoms with Crippen molar-refractivity contribution >= 4 is 40.5 Å². The Morgan fingerprint density at radius 1 is 1.20 bits per heavy atom. The van der Waals surface area contributed by atoms with E-state index < -0.39 is 4.92 Å². The number of hydrogen-bond donors (Lipinski definition) is 0. The molecule has 0 atom stereocenters. The normalized spacial score (nSPS) is 10.3. The van der Waals surface area contributed by atoms with Crippen LogP contribution >= 0.6 is 34.8 Å². The summed E-state index contributed by atoms with van der Waals surface area (Å²) >= 11 is 17.7. The first-order chi connectivity index (χ1) is 9.52. The first-order valence-corrected chi connectivity index (χ1v) is 6.77. The lowest BCUT2D eigenvalue weighted by Gasteiger charge is -2.11. The van der Waals surface area contributed by atoms with E-state index in [4.69, 9.17) is 39.5 Å². The molecule has 2 aromatic carbocycles. The molecule has 0 spiro atoms. The van der Waals surface area contributed by atoms with Gasteiger partial charge in [-0.2, -0.15) is 0 Å². The zero-order valence-corrected chi connectivity index (χ0v) is 12.2. The molecule has 20 heavy (non-hydrogen) atoms. The predicted molar refractivity (Wildman–Crippen MR) is 79.2 cm³/mol. The minimum Gasteiger partial charge on any atom is -0.448 e. The Morgan fingerprint density at radius 3 is 2.60 bits per heavy atom. The molecule has 0 saturated carbocycles. The third-order valence-electron chi connectivity index (χ3n) is 2.52. The number of para-hydroxylation sites is 1. The van der Waals surface area contributed by atoms with Crippen molar-refractivity contribution < 1.29 is 9.66 Å². The molecular weight excluding hydrogens is 325 g/mol. The monoisotopic (exact) mass is 331 g/mol. The van der Waals surface area contributed by atoms with Crippen LogP contribution in [0.25, 0.3) is 0 Å². The van der Waals surface area contributed by atoms with E-state index in [-0.39, 0.29) is 23.1 Å². The number of alkyl halides is 1. The Bertz CT molecular complexity index is 661. The van der Waals surface area contributed by atoms with E-state index >= 15 is 0 Å². The number of nitro benzene ring substituents is 1. The van der Waals surface area contributed by atoms with Crippen LogP contribution < -0.4 is 4.74 Å². The van der Waals surface area contributed by atoms with Gasteiger partial charge in [0.1, 0.15) is 0 Å². The molecule has 0 heterocycles. The van der Waals surface area contributed by atoms with Crippen LogP contribution in [0.2, 0.25) is 10.0 Å². The molecule has 2 rings (SSSR count). The smallest absolute Gasteiger partial charge is 0.311 e. The van der Waals surface area contributed by atoms with Gasteiger partial charge in [-0.3, -0.25) is 10.1 Å². The lowest BCUT2D eigenvalue weighted by atomic mass is 10.2. The SMILES string of the molecule is O=[N+]([O-])c1ccc(Cl)cc1Oc1c(Cl)cccc1CCl. The molecule has 0 N–H and O–H groups in total. The highest BCUT2D eigenvalue weighted by atomic mass is 35.5. The Morgan fingerprint density at radius 2 is 1.95 bits per heavy atom. The number of halogens is 3. The molecule has 0 saturated heterocycles. The highest BCUT2D eigenvalue weighted by molar-refractivity contribution is 6.32. The summed E-state index contributed by atoms with van der Waals surface area (Å²) < 4.78 is 5.56. The number of rotatable bonds is 4. The zero-order valence-electron chi connectivity index (χ0n) is 9.98. The van der Waals surface area contributed by atoms with Crippen molar-refractivity contribution in [2.45, 2.75) is 5.88 Å². The molecular formula is C13H8Cl3NO3. The fraction of sp³-hybridized carbons (Fsp3) is 0.0769. The lowest BCUT2D eigenvalue weighted by Crippen LogP contribution is -1.96. The van der Waals surface area contributed by atoms with Gasteiger partial charge >= 0.3 is 5.69 Å². The Labute approximate surface area is 130 Å². The maximum absolute atomic E-state index is 11.0. The summed E-state index contributed by atoms with van der Waals surface area (Å²) in [5, 5.41) is 11.6. The van der Waals surface area contributed by atoms with Crippen molar-refractivity contribution in [1.29, 1.82) is 0 Å². The molecule has 0 fully saturated rings. The van der Waals surface area contributed by atoms with Gasteiger partial charge in [0.15, 0.2) is 5.75 Å². The molecule has 0 aromatic heterocycles. The molecule has 0 radical (unpaired) electrons. The summed E-state index contributed by atoms with van der Waals surface area (Å²) in [4.78, 5) is 10.4. The second kappa shape index (κ2) is 6.31. The molecule has 0 aliphatic heterocycles. The van der Waals surface area contributed by atoms with Crippen LogP contribution in [0.3, 0.4) is 0 Å². The lowest BCUT2D eigenvalue weighted by molar-refractivity contribution is -0.385. The second-order valence-corrected chi connectivity index (χ2v) is 4.94. The molecule has 0 aliphatic rings. The maximum Gasteiger partial charge on any atom is 0.311 e. The van der Waals surface area contributed by atoms with Crippen molar-refractivity contribution in [2.75, 3.05) is 0 Å². The largest absolute Gasteiger partial charge is 0.448 e. The van der Waals surface area contributed by atoms with Gasteiger partial charge in [0, 0.05) is 22.7 Å². The zero-order chi connectivity index (χ0) is 14.7. The van der Waals surface area contributed by atoms with Crippen molar-refractivity contribution in [3.8, 4) is 11.5 Å². The van der Waals surface area contributed by atoms with E-state index in [0.717, 1.165) is 0 Å². The van der Waals surface area contributed by atoms with Gasteiger partial charge in [-0.05, 0) is 12.1 Å². The molecule has 104 valence electrons. The third kappa shape index (κ3) is 3.15. The minimum absolute atomic E-state index is 0.0157. The molecule has 0 unspecified atom stereocenters. The topological polar surface area (TPSA) is 52.4 Å².